The Labute approximate surface area is 99.5 Å². The molecule has 84 valence electrons. The minimum atomic E-state index is 0.249. The van der Waals surface area contributed by atoms with Crippen molar-refractivity contribution in [2.75, 3.05) is 0 Å². The van der Waals surface area contributed by atoms with Crippen molar-refractivity contribution in [2.24, 2.45) is 0 Å². The smallest absolute Gasteiger partial charge is 0.00776 e. The number of aryl methyl sites for hydroxylation is 1. The van der Waals surface area contributed by atoms with E-state index in [1.807, 2.05) is 0 Å². The zero-order valence-corrected chi connectivity index (χ0v) is 11.2. The van der Waals surface area contributed by atoms with Crippen molar-refractivity contribution in [3.8, 4) is 0 Å². The fourth-order valence-electron chi connectivity index (χ4n) is 1.95. The standard InChI is InChI=1S/C14H22S/c1-5-6-9-14(3,4)12-10-11(2)7-8-13(12)15/h7-8,10,15H,5-6,9H2,1-4H3. The number of rotatable bonds is 4. The summed E-state index contributed by atoms with van der Waals surface area (Å²) < 4.78 is 0. The van der Waals surface area contributed by atoms with Gasteiger partial charge in [0.25, 0.3) is 0 Å². The Bertz CT molecular complexity index is 326. The number of thiol groups is 1. The Balaban J connectivity index is 2.97. The minimum Gasteiger partial charge on any atom is -0.143 e. The first kappa shape index (κ1) is 12.6. The quantitative estimate of drug-likeness (QED) is 0.698. The molecule has 0 amide bonds. The van der Waals surface area contributed by atoms with Crippen LogP contribution >= 0.6 is 12.6 Å². The third-order valence-electron chi connectivity index (χ3n) is 3.04. The van der Waals surface area contributed by atoms with E-state index >= 15 is 0 Å². The second kappa shape index (κ2) is 5.07. The second-order valence-corrected chi connectivity index (χ2v) is 5.49. The van der Waals surface area contributed by atoms with Gasteiger partial charge in [0.15, 0.2) is 0 Å². The van der Waals surface area contributed by atoms with Crippen LogP contribution in [0.1, 0.15) is 51.2 Å². The highest BCUT2D eigenvalue weighted by atomic mass is 32.1. The van der Waals surface area contributed by atoms with Crippen LogP contribution in [-0.4, -0.2) is 0 Å². The van der Waals surface area contributed by atoms with Crippen molar-refractivity contribution >= 4 is 12.6 Å². The van der Waals surface area contributed by atoms with Gasteiger partial charge in [-0.1, -0.05) is 51.3 Å². The predicted molar refractivity (Wildman–Crippen MR) is 71.0 cm³/mol. The molecule has 0 aliphatic rings. The van der Waals surface area contributed by atoms with Gasteiger partial charge in [0.05, 0.1) is 0 Å². The summed E-state index contributed by atoms with van der Waals surface area (Å²) in [5, 5.41) is 0. The van der Waals surface area contributed by atoms with Gasteiger partial charge < -0.3 is 0 Å². The molecular weight excluding hydrogens is 200 g/mol. The molecule has 0 radical (unpaired) electrons. The number of unbranched alkanes of at least 4 members (excludes halogenated alkanes) is 1. The lowest BCUT2D eigenvalue weighted by molar-refractivity contribution is 0.450. The van der Waals surface area contributed by atoms with Gasteiger partial charge in [-0.25, -0.2) is 0 Å². The molecule has 0 aromatic heterocycles. The molecular formula is C14H22S. The molecule has 0 spiro atoms. The summed E-state index contributed by atoms with van der Waals surface area (Å²) in [5.74, 6) is 0. The summed E-state index contributed by atoms with van der Waals surface area (Å²) in [6.45, 7) is 9.02. The first-order valence-electron chi connectivity index (χ1n) is 5.77. The highest BCUT2D eigenvalue weighted by Crippen LogP contribution is 2.33. The van der Waals surface area contributed by atoms with E-state index < -0.39 is 0 Å². The summed E-state index contributed by atoms with van der Waals surface area (Å²) in [5.41, 5.74) is 2.96. The van der Waals surface area contributed by atoms with Crippen LogP contribution in [0.25, 0.3) is 0 Å². The first-order valence-corrected chi connectivity index (χ1v) is 6.22. The SMILES string of the molecule is CCCCC(C)(C)c1cc(C)ccc1S. The fraction of sp³-hybridized carbons (Fsp3) is 0.571. The van der Waals surface area contributed by atoms with Crippen LogP contribution in [0.5, 0.6) is 0 Å². The van der Waals surface area contributed by atoms with Crippen molar-refractivity contribution in [2.45, 2.75) is 57.3 Å². The fourth-order valence-corrected chi connectivity index (χ4v) is 2.39. The summed E-state index contributed by atoms with van der Waals surface area (Å²) >= 11 is 4.56. The van der Waals surface area contributed by atoms with E-state index in [-0.39, 0.29) is 5.41 Å². The van der Waals surface area contributed by atoms with Crippen LogP contribution in [0.2, 0.25) is 0 Å². The Kier molecular flexibility index (Phi) is 4.27. The van der Waals surface area contributed by atoms with Crippen molar-refractivity contribution < 1.29 is 0 Å². The van der Waals surface area contributed by atoms with Crippen LogP contribution in [-0.2, 0) is 5.41 Å². The van der Waals surface area contributed by atoms with Gasteiger partial charge >= 0.3 is 0 Å². The lowest BCUT2D eigenvalue weighted by atomic mass is 9.79. The summed E-state index contributed by atoms with van der Waals surface area (Å²) in [6.07, 6.45) is 3.78. The van der Waals surface area contributed by atoms with Crippen LogP contribution < -0.4 is 0 Å². The topological polar surface area (TPSA) is 0 Å². The average molecular weight is 222 g/mol. The lowest BCUT2D eigenvalue weighted by Crippen LogP contribution is -2.17. The van der Waals surface area contributed by atoms with Gasteiger partial charge in [-0.3, -0.25) is 0 Å². The van der Waals surface area contributed by atoms with Crippen LogP contribution in [0.15, 0.2) is 23.1 Å². The molecule has 1 aromatic carbocycles. The zero-order chi connectivity index (χ0) is 11.5. The van der Waals surface area contributed by atoms with Gasteiger partial charge in [0.2, 0.25) is 0 Å². The Morgan fingerprint density at radius 2 is 1.93 bits per heavy atom. The molecule has 0 aliphatic heterocycles. The lowest BCUT2D eigenvalue weighted by Gasteiger charge is -2.27. The van der Waals surface area contributed by atoms with Gasteiger partial charge in [0.1, 0.15) is 0 Å². The number of hydrogen-bond donors (Lipinski definition) is 1. The molecule has 0 saturated heterocycles. The van der Waals surface area contributed by atoms with Crippen LogP contribution in [0.3, 0.4) is 0 Å². The zero-order valence-electron chi connectivity index (χ0n) is 10.3. The van der Waals surface area contributed by atoms with E-state index in [1.165, 1.54) is 30.4 Å². The maximum Gasteiger partial charge on any atom is 0.00776 e. The molecule has 0 heterocycles. The molecule has 0 fully saturated rings. The molecule has 0 atom stereocenters. The van der Waals surface area contributed by atoms with Crippen LogP contribution in [0, 0.1) is 6.92 Å². The number of hydrogen-bond acceptors (Lipinski definition) is 1. The maximum atomic E-state index is 4.56. The Hall–Kier alpha value is -0.430. The molecule has 0 aliphatic carbocycles. The van der Waals surface area contributed by atoms with Crippen molar-refractivity contribution in [3.05, 3.63) is 29.3 Å². The number of benzene rings is 1. The Morgan fingerprint density at radius 3 is 2.53 bits per heavy atom. The predicted octanol–water partition coefficient (Wildman–Crippen LogP) is 4.75. The van der Waals surface area contributed by atoms with E-state index in [0.717, 1.165) is 4.90 Å². The third kappa shape index (κ3) is 3.27. The average Bonchev–Trinajstić information content (AvgIpc) is 2.18. The van der Waals surface area contributed by atoms with Crippen LogP contribution in [0.4, 0.5) is 0 Å². The molecule has 1 aromatic rings. The molecule has 1 heteroatoms. The molecule has 0 N–H and O–H groups in total. The van der Waals surface area contributed by atoms with Gasteiger partial charge in [-0.2, -0.15) is 0 Å². The molecule has 0 saturated carbocycles. The van der Waals surface area contributed by atoms with Gasteiger partial charge in [0, 0.05) is 4.90 Å². The largest absolute Gasteiger partial charge is 0.143 e. The van der Waals surface area contributed by atoms with E-state index in [0.29, 0.717) is 0 Å². The first-order chi connectivity index (χ1) is 6.97. The highest BCUT2D eigenvalue weighted by Gasteiger charge is 2.21. The summed E-state index contributed by atoms with van der Waals surface area (Å²) in [7, 11) is 0. The molecule has 0 nitrogen and oxygen atoms in total. The molecule has 0 bridgehead atoms. The van der Waals surface area contributed by atoms with E-state index in [1.54, 1.807) is 0 Å². The van der Waals surface area contributed by atoms with Crippen molar-refractivity contribution in [1.29, 1.82) is 0 Å². The maximum absolute atomic E-state index is 4.56. The van der Waals surface area contributed by atoms with Crippen molar-refractivity contribution in [1.82, 2.24) is 0 Å². The highest BCUT2D eigenvalue weighted by molar-refractivity contribution is 7.80. The van der Waals surface area contributed by atoms with Gasteiger partial charge in [-0.15, -0.1) is 12.6 Å². The molecule has 15 heavy (non-hydrogen) atoms. The molecule has 0 unspecified atom stereocenters. The third-order valence-corrected chi connectivity index (χ3v) is 3.43. The monoisotopic (exact) mass is 222 g/mol. The summed E-state index contributed by atoms with van der Waals surface area (Å²) in [4.78, 5) is 1.13. The Morgan fingerprint density at radius 1 is 1.27 bits per heavy atom. The minimum absolute atomic E-state index is 0.249. The second-order valence-electron chi connectivity index (χ2n) is 5.01. The van der Waals surface area contributed by atoms with Gasteiger partial charge in [-0.05, 0) is 30.4 Å². The molecule has 1 rings (SSSR count). The van der Waals surface area contributed by atoms with E-state index in [9.17, 15) is 0 Å². The normalized spacial score (nSPS) is 11.8. The van der Waals surface area contributed by atoms with E-state index in [4.69, 9.17) is 0 Å². The van der Waals surface area contributed by atoms with Crippen molar-refractivity contribution in [3.63, 3.8) is 0 Å². The summed E-state index contributed by atoms with van der Waals surface area (Å²) in [6, 6.07) is 6.52. The van der Waals surface area contributed by atoms with E-state index in [2.05, 4.69) is 58.5 Å².